The molecule has 2 aromatic carbocycles. The molecule has 3 N–H and O–H groups in total. The average Bonchev–Trinajstić information content (AvgIpc) is 3.66. The number of halogens is 3. The summed E-state index contributed by atoms with van der Waals surface area (Å²) in [6.07, 6.45) is 4.70. The predicted octanol–water partition coefficient (Wildman–Crippen LogP) is 5.08. The van der Waals surface area contributed by atoms with Crippen LogP contribution in [0.4, 0.5) is 15.9 Å². The summed E-state index contributed by atoms with van der Waals surface area (Å²) in [5, 5.41) is 10.7. The zero-order valence-electron chi connectivity index (χ0n) is 22.4. The van der Waals surface area contributed by atoms with Gasteiger partial charge in [-0.1, -0.05) is 23.2 Å². The molecule has 0 unspecified atom stereocenters. The summed E-state index contributed by atoms with van der Waals surface area (Å²) in [6.45, 7) is 3.97. The molecular weight excluding hydrogens is 570 g/mol. The molecule has 3 heterocycles. The van der Waals surface area contributed by atoms with E-state index in [0.717, 1.165) is 39.0 Å². The fourth-order valence-electron chi connectivity index (χ4n) is 5.29. The average molecular weight is 602 g/mol. The van der Waals surface area contributed by atoms with Crippen molar-refractivity contribution < 1.29 is 18.7 Å². The fraction of sp³-hybridized carbons (Fsp3) is 0.379. The van der Waals surface area contributed by atoms with E-state index in [1.165, 1.54) is 31.0 Å². The van der Waals surface area contributed by atoms with Gasteiger partial charge in [0.25, 0.3) is 11.8 Å². The van der Waals surface area contributed by atoms with Crippen LogP contribution in [0, 0.1) is 5.82 Å². The van der Waals surface area contributed by atoms with E-state index >= 15 is 0 Å². The van der Waals surface area contributed by atoms with Crippen LogP contribution in [0.25, 0.3) is 0 Å². The summed E-state index contributed by atoms with van der Waals surface area (Å²) in [6, 6.07) is 11.0. The van der Waals surface area contributed by atoms with Crippen LogP contribution < -0.4 is 15.8 Å². The molecule has 0 aliphatic carbocycles. The maximum Gasteiger partial charge on any atom is 0.276 e. The fourth-order valence-corrected chi connectivity index (χ4v) is 5.84. The molecule has 12 heteroatoms. The summed E-state index contributed by atoms with van der Waals surface area (Å²) in [4.78, 5) is 30.5. The number of hydrogen-bond acceptors (Lipinski definition) is 7. The van der Waals surface area contributed by atoms with E-state index in [9.17, 15) is 14.0 Å². The second kappa shape index (κ2) is 13.0. The number of amides is 2. The Kier molecular flexibility index (Phi) is 9.22. The highest BCUT2D eigenvalue weighted by Crippen LogP contribution is 2.28. The van der Waals surface area contributed by atoms with Gasteiger partial charge in [-0.15, -0.1) is 10.2 Å². The zero-order valence-corrected chi connectivity index (χ0v) is 23.9. The van der Waals surface area contributed by atoms with Gasteiger partial charge in [-0.25, -0.2) is 4.39 Å². The first-order valence-corrected chi connectivity index (χ1v) is 14.4. The molecule has 2 aliphatic rings. The van der Waals surface area contributed by atoms with Gasteiger partial charge in [-0.05, 0) is 80.7 Å². The molecule has 0 saturated carbocycles. The van der Waals surface area contributed by atoms with Crippen LogP contribution in [0.3, 0.4) is 0 Å². The van der Waals surface area contributed by atoms with Crippen LogP contribution in [-0.4, -0.2) is 70.6 Å². The van der Waals surface area contributed by atoms with Crippen molar-refractivity contribution in [2.45, 2.75) is 38.1 Å². The van der Waals surface area contributed by atoms with E-state index in [1.807, 2.05) is 4.90 Å². The predicted molar refractivity (Wildman–Crippen MR) is 156 cm³/mol. The minimum atomic E-state index is -0.578. The second-order valence-corrected chi connectivity index (χ2v) is 11.0. The highest BCUT2D eigenvalue weighted by Gasteiger charge is 2.31. The Balaban J connectivity index is 1.18. The van der Waals surface area contributed by atoms with Crippen molar-refractivity contribution >= 4 is 46.5 Å². The van der Waals surface area contributed by atoms with Crippen LogP contribution in [0.1, 0.15) is 52.1 Å². The Labute approximate surface area is 247 Å². The van der Waals surface area contributed by atoms with E-state index < -0.39 is 11.7 Å². The topological polar surface area (TPSA) is 114 Å². The quantitative estimate of drug-likeness (QED) is 0.329. The minimum Gasteiger partial charge on any atom is -0.489 e. The summed E-state index contributed by atoms with van der Waals surface area (Å²) >= 11 is 12.1. The van der Waals surface area contributed by atoms with Crippen LogP contribution in [0.2, 0.25) is 10.0 Å². The number of nitrogens with zero attached hydrogens (tertiary/aromatic N) is 4. The number of carbonyl (C=O) groups excluding carboxylic acids is 2. The van der Waals surface area contributed by atoms with Gasteiger partial charge >= 0.3 is 0 Å². The number of rotatable bonds is 9. The lowest BCUT2D eigenvalue weighted by Gasteiger charge is -2.28. The lowest BCUT2D eigenvalue weighted by Crippen LogP contribution is -2.42. The zero-order chi connectivity index (χ0) is 28.9. The van der Waals surface area contributed by atoms with E-state index in [0.29, 0.717) is 21.8 Å². The van der Waals surface area contributed by atoms with Crippen molar-refractivity contribution in [3.63, 3.8) is 0 Å². The van der Waals surface area contributed by atoms with Gasteiger partial charge in [0.2, 0.25) is 0 Å². The van der Waals surface area contributed by atoms with E-state index in [4.69, 9.17) is 33.7 Å². The molecule has 3 aromatic rings. The summed E-state index contributed by atoms with van der Waals surface area (Å²) in [7, 11) is 0. The molecule has 2 amide bonds. The lowest BCUT2D eigenvalue weighted by atomic mass is 10.1. The molecule has 2 saturated heterocycles. The van der Waals surface area contributed by atoms with Gasteiger partial charge in [0.1, 0.15) is 5.82 Å². The largest absolute Gasteiger partial charge is 0.489 e. The number of aromatic nitrogens is 2. The van der Waals surface area contributed by atoms with Gasteiger partial charge in [-0.2, -0.15) is 0 Å². The molecule has 41 heavy (non-hydrogen) atoms. The molecule has 216 valence electrons. The SMILES string of the molecule is Nc1nnc(C(=O)Nc2ccc(C(=O)N3CCC[C@@H]3CN3CCCC3)cc2)cc1OCCc1c(Cl)ccc(F)c1Cl. The summed E-state index contributed by atoms with van der Waals surface area (Å²) in [5.41, 5.74) is 7.34. The third-order valence-electron chi connectivity index (χ3n) is 7.46. The van der Waals surface area contributed by atoms with Crippen LogP contribution in [0.5, 0.6) is 5.75 Å². The van der Waals surface area contributed by atoms with Gasteiger partial charge in [-0.3, -0.25) is 9.59 Å². The maximum absolute atomic E-state index is 13.8. The van der Waals surface area contributed by atoms with Gasteiger partial charge in [0, 0.05) is 47.9 Å². The number of nitrogens with one attached hydrogen (secondary N) is 1. The summed E-state index contributed by atoms with van der Waals surface area (Å²) < 4.78 is 19.5. The molecule has 1 atom stereocenters. The number of hydrogen-bond donors (Lipinski definition) is 2. The first-order chi connectivity index (χ1) is 19.8. The number of nitrogen functional groups attached to an aromatic ring is 1. The first-order valence-electron chi connectivity index (χ1n) is 13.6. The highest BCUT2D eigenvalue weighted by atomic mass is 35.5. The first kappa shape index (κ1) is 29.0. The second-order valence-electron chi connectivity index (χ2n) is 10.2. The van der Waals surface area contributed by atoms with Crippen LogP contribution >= 0.6 is 23.2 Å². The van der Waals surface area contributed by atoms with E-state index in [1.54, 1.807) is 24.3 Å². The Bertz CT molecular complexity index is 1420. The Hall–Kier alpha value is -3.47. The standard InChI is InChI=1S/C29H31Cl2FN6O3/c30-22-9-10-23(32)26(31)21(22)11-15-41-25-16-24(35-36-27(25)33)28(39)34-19-7-5-18(6-8-19)29(40)38-14-3-4-20(38)17-37-12-1-2-13-37/h5-10,16,20H,1-4,11-15,17H2,(H2,33,36)(H,34,39)/t20-/m1/s1. The number of ether oxygens (including phenoxy) is 1. The summed E-state index contributed by atoms with van der Waals surface area (Å²) in [5.74, 6) is -0.959. The smallest absolute Gasteiger partial charge is 0.276 e. The van der Waals surface area contributed by atoms with Crippen molar-refractivity contribution in [2.24, 2.45) is 0 Å². The molecule has 1 aromatic heterocycles. The Morgan fingerprint density at radius 3 is 2.56 bits per heavy atom. The normalized spacial score (nSPS) is 17.1. The highest BCUT2D eigenvalue weighted by molar-refractivity contribution is 6.36. The van der Waals surface area contributed by atoms with Crippen molar-refractivity contribution in [2.75, 3.05) is 43.8 Å². The third kappa shape index (κ3) is 6.89. The van der Waals surface area contributed by atoms with Crippen LogP contribution in [-0.2, 0) is 6.42 Å². The van der Waals surface area contributed by atoms with Crippen molar-refractivity contribution in [3.05, 3.63) is 75.1 Å². The number of anilines is 2. The Morgan fingerprint density at radius 2 is 1.80 bits per heavy atom. The number of likely N-dealkylation sites (tertiary alicyclic amines) is 2. The molecule has 9 nitrogen and oxygen atoms in total. The maximum atomic E-state index is 13.8. The Morgan fingerprint density at radius 1 is 1.05 bits per heavy atom. The van der Waals surface area contributed by atoms with E-state index in [2.05, 4.69) is 20.4 Å². The molecule has 2 fully saturated rings. The molecular formula is C29H31Cl2FN6O3. The van der Waals surface area contributed by atoms with Crippen molar-refractivity contribution in [1.82, 2.24) is 20.0 Å². The van der Waals surface area contributed by atoms with Crippen LogP contribution in [0.15, 0.2) is 42.5 Å². The van der Waals surface area contributed by atoms with Gasteiger partial charge < -0.3 is 25.6 Å². The molecule has 2 aliphatic heterocycles. The third-order valence-corrected chi connectivity index (χ3v) is 8.23. The monoisotopic (exact) mass is 600 g/mol. The van der Waals surface area contributed by atoms with Crippen molar-refractivity contribution in [3.8, 4) is 5.75 Å². The molecule has 0 bridgehead atoms. The van der Waals surface area contributed by atoms with Gasteiger partial charge in [0.05, 0.1) is 11.6 Å². The number of nitrogens with two attached hydrogens (primary N) is 1. The molecule has 0 radical (unpaired) electrons. The van der Waals surface area contributed by atoms with Crippen molar-refractivity contribution in [1.29, 1.82) is 0 Å². The minimum absolute atomic E-state index is 0.00852. The molecule has 5 rings (SSSR count). The van der Waals surface area contributed by atoms with Gasteiger partial charge in [0.15, 0.2) is 17.3 Å². The number of carbonyl (C=O) groups is 2. The molecule has 0 spiro atoms. The number of benzene rings is 2. The van der Waals surface area contributed by atoms with E-state index in [-0.39, 0.29) is 47.3 Å². The lowest BCUT2D eigenvalue weighted by molar-refractivity contribution is 0.0708.